The van der Waals surface area contributed by atoms with Crippen LogP contribution in [0.25, 0.3) is 0 Å². The molecule has 21 heavy (non-hydrogen) atoms. The van der Waals surface area contributed by atoms with E-state index in [2.05, 4.69) is 28.2 Å². The Morgan fingerprint density at radius 2 is 2.19 bits per heavy atom. The first-order chi connectivity index (χ1) is 10.0. The molecule has 2 aliphatic rings. The quantitative estimate of drug-likeness (QED) is 0.830. The lowest BCUT2D eigenvalue weighted by Gasteiger charge is -2.36. The van der Waals surface area contributed by atoms with Gasteiger partial charge < -0.3 is 5.32 Å². The molecule has 0 aromatic heterocycles. The minimum atomic E-state index is -0.665. The summed E-state index contributed by atoms with van der Waals surface area (Å²) < 4.78 is 0.952. The fourth-order valence-electron chi connectivity index (χ4n) is 3.46. The van der Waals surface area contributed by atoms with Crippen LogP contribution < -0.4 is 5.32 Å². The second-order valence-electron chi connectivity index (χ2n) is 6.07. The fourth-order valence-corrected chi connectivity index (χ4v) is 3.90. The summed E-state index contributed by atoms with van der Waals surface area (Å²) in [5.74, 6) is 0.148. The zero-order valence-corrected chi connectivity index (χ0v) is 13.6. The zero-order chi connectivity index (χ0) is 15.0. The van der Waals surface area contributed by atoms with Gasteiger partial charge in [-0.15, -0.1) is 0 Å². The molecule has 112 valence electrons. The number of hydrogen-bond acceptors (Lipinski definition) is 2. The number of hydrogen-bond donors (Lipinski definition) is 1. The molecule has 3 amide bonds. The molecular formula is C16H19BrN2O2. The molecule has 5 heteroatoms. The van der Waals surface area contributed by atoms with Crippen molar-refractivity contribution < 1.29 is 9.59 Å². The van der Waals surface area contributed by atoms with Gasteiger partial charge in [-0.05, 0) is 36.5 Å². The number of carbonyl (C=O) groups is 2. The number of urea groups is 1. The Labute approximate surface area is 133 Å². The Morgan fingerprint density at radius 1 is 1.38 bits per heavy atom. The molecule has 1 saturated carbocycles. The Kier molecular flexibility index (Phi) is 3.78. The van der Waals surface area contributed by atoms with Crippen molar-refractivity contribution in [2.45, 2.75) is 44.7 Å². The zero-order valence-electron chi connectivity index (χ0n) is 12.1. The Hall–Kier alpha value is -1.36. The molecule has 1 heterocycles. The monoisotopic (exact) mass is 350 g/mol. The minimum absolute atomic E-state index is 0.0559. The minimum Gasteiger partial charge on any atom is -0.323 e. The maximum absolute atomic E-state index is 12.8. The van der Waals surface area contributed by atoms with Crippen molar-refractivity contribution in [2.75, 3.05) is 0 Å². The van der Waals surface area contributed by atoms with Crippen molar-refractivity contribution in [1.29, 1.82) is 0 Å². The van der Waals surface area contributed by atoms with Crippen LogP contribution in [0, 0.1) is 5.92 Å². The first-order valence-electron chi connectivity index (χ1n) is 7.41. The van der Waals surface area contributed by atoms with Gasteiger partial charge in [0.25, 0.3) is 5.91 Å². The van der Waals surface area contributed by atoms with Gasteiger partial charge in [0, 0.05) is 4.47 Å². The van der Waals surface area contributed by atoms with Crippen molar-refractivity contribution in [2.24, 2.45) is 5.92 Å². The number of amides is 3. The van der Waals surface area contributed by atoms with E-state index in [0.717, 1.165) is 35.7 Å². The highest BCUT2D eigenvalue weighted by Crippen LogP contribution is 2.38. The third kappa shape index (κ3) is 2.48. The molecule has 1 aromatic carbocycles. The summed E-state index contributed by atoms with van der Waals surface area (Å²) in [5, 5.41) is 2.98. The number of nitrogens with zero attached hydrogens (tertiary/aromatic N) is 1. The molecule has 0 radical (unpaired) electrons. The standard InChI is InChI=1S/C16H19BrN2O2/c1-11-5-2-3-8-16(11)14(20)19(15(21)18-16)10-12-6-4-7-13(17)9-12/h4,6-7,9,11H,2-3,5,8,10H2,1H3,(H,18,21)/t11-,16-/m0/s1. The first kappa shape index (κ1) is 14.6. The van der Waals surface area contributed by atoms with Crippen LogP contribution in [0.4, 0.5) is 4.79 Å². The lowest BCUT2D eigenvalue weighted by atomic mass is 9.73. The van der Waals surface area contributed by atoms with Crippen LogP contribution in [0.1, 0.15) is 38.2 Å². The third-order valence-corrected chi connectivity index (χ3v) is 5.22. The predicted octanol–water partition coefficient (Wildman–Crippen LogP) is 3.45. The van der Waals surface area contributed by atoms with E-state index in [9.17, 15) is 9.59 Å². The van der Waals surface area contributed by atoms with Gasteiger partial charge in [-0.2, -0.15) is 0 Å². The number of halogens is 1. The molecule has 3 rings (SSSR count). The van der Waals surface area contributed by atoms with Gasteiger partial charge >= 0.3 is 6.03 Å². The van der Waals surface area contributed by atoms with Crippen LogP contribution in [-0.4, -0.2) is 22.4 Å². The number of benzene rings is 1. The van der Waals surface area contributed by atoms with Crippen LogP contribution in [0.5, 0.6) is 0 Å². The van der Waals surface area contributed by atoms with Gasteiger partial charge in [0.15, 0.2) is 0 Å². The normalized spacial score (nSPS) is 29.0. The Morgan fingerprint density at radius 3 is 2.90 bits per heavy atom. The lowest BCUT2D eigenvalue weighted by Crippen LogP contribution is -2.53. The second-order valence-corrected chi connectivity index (χ2v) is 6.99. The van der Waals surface area contributed by atoms with Gasteiger partial charge in [-0.25, -0.2) is 4.79 Å². The molecular weight excluding hydrogens is 332 g/mol. The van der Waals surface area contributed by atoms with Crippen molar-refractivity contribution >= 4 is 27.9 Å². The van der Waals surface area contributed by atoms with Gasteiger partial charge in [0.1, 0.15) is 5.54 Å². The molecule has 4 nitrogen and oxygen atoms in total. The van der Waals surface area contributed by atoms with E-state index in [1.807, 2.05) is 24.3 Å². The van der Waals surface area contributed by atoms with Crippen molar-refractivity contribution in [3.8, 4) is 0 Å². The molecule has 0 bridgehead atoms. The maximum atomic E-state index is 12.8. The maximum Gasteiger partial charge on any atom is 0.325 e. The van der Waals surface area contributed by atoms with Crippen LogP contribution in [0.3, 0.4) is 0 Å². The van der Waals surface area contributed by atoms with E-state index in [-0.39, 0.29) is 17.9 Å². The van der Waals surface area contributed by atoms with E-state index in [0.29, 0.717) is 6.54 Å². The average Bonchev–Trinajstić information content (AvgIpc) is 2.68. The largest absolute Gasteiger partial charge is 0.325 e. The summed E-state index contributed by atoms with van der Waals surface area (Å²) in [6.45, 7) is 2.40. The highest BCUT2D eigenvalue weighted by molar-refractivity contribution is 9.10. The van der Waals surface area contributed by atoms with Crippen molar-refractivity contribution in [3.63, 3.8) is 0 Å². The molecule has 1 N–H and O–H groups in total. The van der Waals surface area contributed by atoms with Crippen molar-refractivity contribution in [1.82, 2.24) is 10.2 Å². The molecule has 1 aromatic rings. The lowest BCUT2D eigenvalue weighted by molar-refractivity contribution is -0.134. The Balaban J connectivity index is 1.84. The van der Waals surface area contributed by atoms with E-state index < -0.39 is 5.54 Å². The van der Waals surface area contributed by atoms with Crippen molar-refractivity contribution in [3.05, 3.63) is 34.3 Å². The topological polar surface area (TPSA) is 49.4 Å². The van der Waals surface area contributed by atoms with Gasteiger partial charge in [-0.3, -0.25) is 9.69 Å². The highest BCUT2D eigenvalue weighted by Gasteiger charge is 2.54. The number of rotatable bonds is 2. The van der Waals surface area contributed by atoms with Gasteiger partial charge in [0.2, 0.25) is 0 Å². The van der Waals surface area contributed by atoms with Crippen LogP contribution >= 0.6 is 15.9 Å². The van der Waals surface area contributed by atoms with Crippen LogP contribution in [-0.2, 0) is 11.3 Å². The number of imide groups is 1. The molecule has 1 saturated heterocycles. The Bertz CT molecular complexity index is 589. The smallest absolute Gasteiger partial charge is 0.323 e. The molecule has 2 fully saturated rings. The van der Waals surface area contributed by atoms with Crippen LogP contribution in [0.15, 0.2) is 28.7 Å². The molecule has 1 aliphatic carbocycles. The SMILES string of the molecule is C[C@H]1CCCC[C@]12NC(=O)N(Cc1cccc(Br)c1)C2=O. The predicted molar refractivity (Wildman–Crippen MR) is 83.6 cm³/mol. The molecule has 0 unspecified atom stereocenters. The summed E-state index contributed by atoms with van der Waals surface area (Å²) in [4.78, 5) is 26.5. The third-order valence-electron chi connectivity index (χ3n) is 4.73. The average molecular weight is 351 g/mol. The number of carbonyl (C=O) groups excluding carboxylic acids is 2. The summed E-state index contributed by atoms with van der Waals surface area (Å²) >= 11 is 3.42. The molecule has 1 aliphatic heterocycles. The molecule has 1 spiro atoms. The van der Waals surface area contributed by atoms with E-state index >= 15 is 0 Å². The summed E-state index contributed by atoms with van der Waals surface area (Å²) in [7, 11) is 0. The van der Waals surface area contributed by atoms with Crippen LogP contribution in [0.2, 0.25) is 0 Å². The number of nitrogens with one attached hydrogen (secondary N) is 1. The molecule has 2 atom stereocenters. The highest BCUT2D eigenvalue weighted by atomic mass is 79.9. The van der Waals surface area contributed by atoms with E-state index in [1.54, 1.807) is 0 Å². The van der Waals surface area contributed by atoms with E-state index in [1.165, 1.54) is 4.90 Å². The summed E-state index contributed by atoms with van der Waals surface area (Å²) in [5.41, 5.74) is 0.287. The van der Waals surface area contributed by atoms with Gasteiger partial charge in [-0.1, -0.05) is 47.8 Å². The second kappa shape index (κ2) is 5.44. The summed E-state index contributed by atoms with van der Waals surface area (Å²) in [6.07, 6.45) is 3.89. The van der Waals surface area contributed by atoms with Gasteiger partial charge in [0.05, 0.1) is 6.54 Å². The fraction of sp³-hybridized carbons (Fsp3) is 0.500. The summed E-state index contributed by atoms with van der Waals surface area (Å²) in [6, 6.07) is 7.46. The van der Waals surface area contributed by atoms with E-state index in [4.69, 9.17) is 0 Å². The first-order valence-corrected chi connectivity index (χ1v) is 8.21.